The molecule has 2 aromatic rings. The minimum Gasteiger partial charge on any atom is -0.357 e. The molecule has 0 amide bonds. The highest BCUT2D eigenvalue weighted by Gasteiger charge is 2.11. The number of halogens is 1. The lowest BCUT2D eigenvalue weighted by atomic mass is 10.2. The third kappa shape index (κ3) is 8.20. The zero-order valence-electron chi connectivity index (χ0n) is 17.4. The van der Waals surface area contributed by atoms with Gasteiger partial charge in [-0.15, -0.1) is 24.0 Å². The summed E-state index contributed by atoms with van der Waals surface area (Å²) in [4.78, 5) is 11.8. The summed E-state index contributed by atoms with van der Waals surface area (Å²) in [5.41, 5.74) is 1.20. The SMILES string of the molecule is CCNC(=NCc1ccnc(N2CCCCCC2)c1)NCCCn1cccn1.I. The van der Waals surface area contributed by atoms with Crippen molar-refractivity contribution in [3.05, 3.63) is 42.4 Å². The smallest absolute Gasteiger partial charge is 0.191 e. The molecule has 3 heterocycles. The number of hydrogen-bond acceptors (Lipinski definition) is 4. The quantitative estimate of drug-likeness (QED) is 0.246. The van der Waals surface area contributed by atoms with Crippen LogP contribution in [0.2, 0.25) is 0 Å². The van der Waals surface area contributed by atoms with Gasteiger partial charge in [0.25, 0.3) is 0 Å². The van der Waals surface area contributed by atoms with Crippen LogP contribution in [0.5, 0.6) is 0 Å². The minimum atomic E-state index is 0. The zero-order valence-corrected chi connectivity index (χ0v) is 19.7. The van der Waals surface area contributed by atoms with E-state index in [0.29, 0.717) is 6.54 Å². The van der Waals surface area contributed by atoms with E-state index in [4.69, 9.17) is 4.99 Å². The molecule has 1 aliphatic rings. The lowest BCUT2D eigenvalue weighted by Crippen LogP contribution is -2.38. The molecule has 0 bridgehead atoms. The average Bonchev–Trinajstić information content (AvgIpc) is 3.09. The van der Waals surface area contributed by atoms with Crippen molar-refractivity contribution in [3.63, 3.8) is 0 Å². The second-order valence-electron chi connectivity index (χ2n) is 7.17. The highest BCUT2D eigenvalue weighted by molar-refractivity contribution is 14.0. The molecule has 0 aromatic carbocycles. The Hall–Kier alpha value is -1.84. The monoisotopic (exact) mass is 511 g/mol. The van der Waals surface area contributed by atoms with E-state index in [2.05, 4.69) is 44.7 Å². The molecule has 0 atom stereocenters. The van der Waals surface area contributed by atoms with Gasteiger partial charge in [-0.25, -0.2) is 9.98 Å². The minimum absolute atomic E-state index is 0. The van der Waals surface area contributed by atoms with E-state index in [1.165, 1.54) is 31.2 Å². The number of hydrogen-bond donors (Lipinski definition) is 2. The van der Waals surface area contributed by atoms with Crippen LogP contribution in [-0.4, -0.2) is 46.9 Å². The van der Waals surface area contributed by atoms with Crippen molar-refractivity contribution < 1.29 is 0 Å². The van der Waals surface area contributed by atoms with Crippen LogP contribution in [0.3, 0.4) is 0 Å². The van der Waals surface area contributed by atoms with Crippen LogP contribution >= 0.6 is 24.0 Å². The summed E-state index contributed by atoms with van der Waals surface area (Å²) in [6.45, 7) is 7.58. The van der Waals surface area contributed by atoms with E-state index in [1.807, 2.05) is 29.3 Å². The summed E-state index contributed by atoms with van der Waals surface area (Å²) in [6, 6.07) is 6.20. The van der Waals surface area contributed by atoms with Crippen molar-refractivity contribution >= 4 is 35.8 Å². The molecule has 160 valence electrons. The zero-order chi connectivity index (χ0) is 19.4. The first-order valence-electron chi connectivity index (χ1n) is 10.5. The molecule has 1 aliphatic heterocycles. The van der Waals surface area contributed by atoms with Gasteiger partial charge in [0.2, 0.25) is 0 Å². The second kappa shape index (κ2) is 13.4. The number of pyridine rings is 1. The fourth-order valence-corrected chi connectivity index (χ4v) is 3.42. The molecule has 0 saturated carbocycles. The number of aryl methyl sites for hydroxylation is 1. The predicted octanol–water partition coefficient (Wildman–Crippen LogP) is 3.42. The van der Waals surface area contributed by atoms with E-state index in [0.717, 1.165) is 50.9 Å². The molecule has 0 unspecified atom stereocenters. The maximum Gasteiger partial charge on any atom is 0.191 e. The van der Waals surface area contributed by atoms with Crippen LogP contribution in [-0.2, 0) is 13.1 Å². The van der Waals surface area contributed by atoms with E-state index >= 15 is 0 Å². The average molecular weight is 511 g/mol. The van der Waals surface area contributed by atoms with Gasteiger partial charge in [-0.1, -0.05) is 12.8 Å². The van der Waals surface area contributed by atoms with E-state index in [-0.39, 0.29) is 24.0 Å². The van der Waals surface area contributed by atoms with E-state index in [9.17, 15) is 0 Å². The summed E-state index contributed by atoms with van der Waals surface area (Å²) in [6.07, 6.45) is 11.9. The first-order valence-corrected chi connectivity index (χ1v) is 10.5. The van der Waals surface area contributed by atoms with Crippen molar-refractivity contribution in [2.45, 2.75) is 52.1 Å². The van der Waals surface area contributed by atoms with Gasteiger partial charge in [-0.05, 0) is 49.9 Å². The van der Waals surface area contributed by atoms with Crippen molar-refractivity contribution in [1.29, 1.82) is 0 Å². The number of aliphatic imine (C=N–C) groups is 1. The summed E-state index contributed by atoms with van der Waals surface area (Å²) < 4.78 is 1.95. The van der Waals surface area contributed by atoms with Crippen LogP contribution in [0.1, 0.15) is 44.6 Å². The van der Waals surface area contributed by atoms with E-state index in [1.54, 1.807) is 0 Å². The molecule has 2 aromatic heterocycles. The van der Waals surface area contributed by atoms with Gasteiger partial charge in [-0.2, -0.15) is 5.10 Å². The van der Waals surface area contributed by atoms with Gasteiger partial charge in [0.1, 0.15) is 5.82 Å². The lowest BCUT2D eigenvalue weighted by molar-refractivity contribution is 0.570. The standard InChI is InChI=1S/C21H33N7.HI/c1-2-22-21(24-10-7-15-28-16-8-11-26-28)25-18-19-9-12-23-20(17-19)27-13-5-3-4-6-14-27;/h8-9,11-12,16-17H,2-7,10,13-15,18H2,1H3,(H2,22,24,25);1H. The molecule has 2 N–H and O–H groups in total. The number of guanidine groups is 1. The first-order chi connectivity index (χ1) is 13.8. The predicted molar refractivity (Wildman–Crippen MR) is 130 cm³/mol. The van der Waals surface area contributed by atoms with Gasteiger partial charge in [-0.3, -0.25) is 4.68 Å². The molecule has 0 spiro atoms. The van der Waals surface area contributed by atoms with Crippen LogP contribution in [0.15, 0.2) is 41.8 Å². The van der Waals surface area contributed by atoms with Gasteiger partial charge in [0, 0.05) is 51.3 Å². The molecule has 0 radical (unpaired) electrons. The Morgan fingerprint density at radius 1 is 1.14 bits per heavy atom. The normalized spacial score (nSPS) is 14.8. The topological polar surface area (TPSA) is 70.4 Å². The molecule has 1 fully saturated rings. The van der Waals surface area contributed by atoms with Crippen molar-refractivity contribution in [3.8, 4) is 0 Å². The number of nitrogens with zero attached hydrogens (tertiary/aromatic N) is 5. The van der Waals surface area contributed by atoms with Crippen LogP contribution in [0.25, 0.3) is 0 Å². The Bertz CT molecular complexity index is 710. The maximum absolute atomic E-state index is 4.75. The second-order valence-corrected chi connectivity index (χ2v) is 7.17. The number of aromatic nitrogens is 3. The largest absolute Gasteiger partial charge is 0.357 e. The third-order valence-corrected chi connectivity index (χ3v) is 4.92. The summed E-state index contributed by atoms with van der Waals surface area (Å²) in [7, 11) is 0. The summed E-state index contributed by atoms with van der Waals surface area (Å²) in [5.74, 6) is 1.95. The molecular formula is C21H34IN7. The summed E-state index contributed by atoms with van der Waals surface area (Å²) >= 11 is 0. The number of nitrogens with one attached hydrogen (secondary N) is 2. The van der Waals surface area contributed by atoms with Crippen LogP contribution < -0.4 is 15.5 Å². The highest BCUT2D eigenvalue weighted by atomic mass is 127. The molecule has 3 rings (SSSR count). The van der Waals surface area contributed by atoms with Crippen molar-refractivity contribution in [1.82, 2.24) is 25.4 Å². The third-order valence-electron chi connectivity index (χ3n) is 4.92. The molecule has 1 saturated heterocycles. The molecule has 29 heavy (non-hydrogen) atoms. The Balaban J connectivity index is 0.00000300. The van der Waals surface area contributed by atoms with E-state index < -0.39 is 0 Å². The molecule has 0 aliphatic carbocycles. The Morgan fingerprint density at radius 2 is 1.97 bits per heavy atom. The van der Waals surface area contributed by atoms with Gasteiger partial charge >= 0.3 is 0 Å². The number of rotatable bonds is 8. The Kier molecular flexibility index (Phi) is 10.8. The fourth-order valence-electron chi connectivity index (χ4n) is 3.42. The van der Waals surface area contributed by atoms with Crippen LogP contribution in [0, 0.1) is 0 Å². The highest BCUT2D eigenvalue weighted by Crippen LogP contribution is 2.18. The Morgan fingerprint density at radius 3 is 2.69 bits per heavy atom. The molecular weight excluding hydrogens is 477 g/mol. The van der Waals surface area contributed by atoms with Crippen molar-refractivity contribution in [2.75, 3.05) is 31.1 Å². The fraction of sp³-hybridized carbons (Fsp3) is 0.571. The lowest BCUT2D eigenvalue weighted by Gasteiger charge is -2.21. The van der Waals surface area contributed by atoms with Gasteiger partial charge < -0.3 is 15.5 Å². The molecule has 7 nitrogen and oxygen atoms in total. The van der Waals surface area contributed by atoms with Gasteiger partial charge in [0.05, 0.1) is 6.54 Å². The van der Waals surface area contributed by atoms with Crippen molar-refractivity contribution in [2.24, 2.45) is 4.99 Å². The molecule has 8 heteroatoms. The number of anilines is 1. The summed E-state index contributed by atoms with van der Waals surface area (Å²) in [5, 5.41) is 11.0. The first kappa shape index (κ1) is 23.4. The van der Waals surface area contributed by atoms with Gasteiger partial charge in [0.15, 0.2) is 5.96 Å². The Labute approximate surface area is 191 Å². The maximum atomic E-state index is 4.75. The van der Waals surface area contributed by atoms with Crippen LogP contribution in [0.4, 0.5) is 5.82 Å².